The first-order chi connectivity index (χ1) is 21.2. The van der Waals surface area contributed by atoms with Crippen LogP contribution in [0.15, 0.2) is 0 Å². The van der Waals surface area contributed by atoms with Crippen LogP contribution in [0.4, 0.5) is 0 Å². The van der Waals surface area contributed by atoms with Gasteiger partial charge in [-0.2, -0.15) is 0 Å². The Bertz CT molecular complexity index is 970. The Hall–Kier alpha value is -0.0400. The average Bonchev–Trinajstić information content (AvgIpc) is 2.97. The molecular formula is C44H80O. The maximum Gasteiger partial charge on any atom is 0.0632 e. The molecule has 1 N–H and O–H groups in total. The molecular weight excluding hydrogens is 544 g/mol. The SMILES string of the molecule is CCCC(C)C[C@@H]1CCCC(C2CCC(CC)C3C(C)C4CC5(C)C(O)C(C(C)CC)C(C)C(C(C)C)[C@@]5(C)C[C@@]4(C)CC23)C1. The zero-order valence-electron chi connectivity index (χ0n) is 32.5. The lowest BCUT2D eigenvalue weighted by atomic mass is 9.32. The van der Waals surface area contributed by atoms with Crippen molar-refractivity contribution in [3.8, 4) is 0 Å². The van der Waals surface area contributed by atoms with E-state index in [1.165, 1.54) is 83.5 Å². The Morgan fingerprint density at radius 3 is 2.16 bits per heavy atom. The van der Waals surface area contributed by atoms with E-state index in [2.05, 4.69) is 83.1 Å². The van der Waals surface area contributed by atoms with Crippen molar-refractivity contribution in [3.05, 3.63) is 0 Å². The van der Waals surface area contributed by atoms with Gasteiger partial charge in [-0.25, -0.2) is 0 Å². The highest BCUT2D eigenvalue weighted by Gasteiger charge is 2.70. The summed E-state index contributed by atoms with van der Waals surface area (Å²) < 4.78 is 0. The Labute approximate surface area is 282 Å². The number of aliphatic hydroxyl groups is 1. The third-order valence-electron chi connectivity index (χ3n) is 17.4. The van der Waals surface area contributed by atoms with Crippen LogP contribution in [0.1, 0.15) is 173 Å². The van der Waals surface area contributed by atoms with Crippen LogP contribution in [0.25, 0.3) is 0 Å². The van der Waals surface area contributed by atoms with Crippen molar-refractivity contribution >= 4 is 0 Å². The summed E-state index contributed by atoms with van der Waals surface area (Å²) in [6.07, 6.45) is 19.8. The summed E-state index contributed by atoms with van der Waals surface area (Å²) >= 11 is 0. The third-order valence-corrected chi connectivity index (χ3v) is 17.4. The van der Waals surface area contributed by atoms with Gasteiger partial charge in [0.2, 0.25) is 0 Å². The van der Waals surface area contributed by atoms with Crippen LogP contribution in [0.3, 0.4) is 0 Å². The Balaban J connectivity index is 1.48. The fraction of sp³-hybridized carbons (Fsp3) is 1.00. The van der Waals surface area contributed by atoms with E-state index in [0.717, 1.165) is 53.3 Å². The van der Waals surface area contributed by atoms with E-state index in [1.54, 1.807) is 6.42 Å². The van der Waals surface area contributed by atoms with Crippen molar-refractivity contribution in [1.82, 2.24) is 0 Å². The van der Waals surface area contributed by atoms with Gasteiger partial charge in [-0.3, -0.25) is 0 Å². The molecule has 1 heteroatoms. The van der Waals surface area contributed by atoms with Crippen LogP contribution in [-0.4, -0.2) is 11.2 Å². The van der Waals surface area contributed by atoms with Crippen LogP contribution in [0.2, 0.25) is 0 Å². The van der Waals surface area contributed by atoms with Crippen LogP contribution >= 0.6 is 0 Å². The molecule has 45 heavy (non-hydrogen) atoms. The summed E-state index contributed by atoms with van der Waals surface area (Å²) in [6, 6.07) is 0. The van der Waals surface area contributed by atoms with Crippen molar-refractivity contribution < 1.29 is 5.11 Å². The predicted octanol–water partition coefficient (Wildman–Crippen LogP) is 12.7. The summed E-state index contributed by atoms with van der Waals surface area (Å²) in [5, 5.41) is 12.6. The molecule has 5 fully saturated rings. The van der Waals surface area contributed by atoms with Crippen molar-refractivity contribution in [1.29, 1.82) is 0 Å². The van der Waals surface area contributed by atoms with E-state index in [-0.39, 0.29) is 16.9 Å². The molecule has 262 valence electrons. The fourth-order valence-electron chi connectivity index (χ4n) is 15.6. The van der Waals surface area contributed by atoms with Gasteiger partial charge in [0.15, 0.2) is 0 Å². The molecule has 0 bridgehead atoms. The topological polar surface area (TPSA) is 20.2 Å². The van der Waals surface area contributed by atoms with Crippen LogP contribution in [-0.2, 0) is 0 Å². The van der Waals surface area contributed by atoms with Gasteiger partial charge >= 0.3 is 0 Å². The summed E-state index contributed by atoms with van der Waals surface area (Å²) in [6.45, 7) is 30.6. The van der Waals surface area contributed by atoms with E-state index in [0.29, 0.717) is 35.0 Å². The average molecular weight is 625 g/mol. The largest absolute Gasteiger partial charge is 0.392 e. The lowest BCUT2D eigenvalue weighted by Gasteiger charge is -2.73. The van der Waals surface area contributed by atoms with Crippen molar-refractivity contribution in [2.24, 2.45) is 99.1 Å². The maximum atomic E-state index is 12.6. The Morgan fingerprint density at radius 1 is 0.822 bits per heavy atom. The molecule has 0 aromatic rings. The lowest BCUT2D eigenvalue weighted by molar-refractivity contribution is -0.268. The number of aliphatic hydroxyl groups excluding tert-OH is 1. The van der Waals surface area contributed by atoms with Gasteiger partial charge < -0.3 is 5.11 Å². The highest BCUT2D eigenvalue weighted by molar-refractivity contribution is 5.18. The van der Waals surface area contributed by atoms with Gasteiger partial charge in [-0.15, -0.1) is 0 Å². The normalized spacial score (nSPS) is 51.6. The van der Waals surface area contributed by atoms with E-state index in [4.69, 9.17) is 0 Å². The van der Waals surface area contributed by atoms with Crippen molar-refractivity contribution in [3.63, 3.8) is 0 Å². The molecule has 0 saturated heterocycles. The van der Waals surface area contributed by atoms with Crippen LogP contribution < -0.4 is 0 Å². The summed E-state index contributed by atoms with van der Waals surface area (Å²) in [7, 11) is 0. The first kappa shape index (κ1) is 36.2. The minimum Gasteiger partial charge on any atom is -0.392 e. The fourth-order valence-corrected chi connectivity index (χ4v) is 15.6. The Morgan fingerprint density at radius 2 is 1.53 bits per heavy atom. The van der Waals surface area contributed by atoms with E-state index in [1.807, 2.05) is 0 Å². The minimum absolute atomic E-state index is 0.00930. The molecule has 0 spiro atoms. The molecule has 1 nitrogen and oxygen atoms in total. The highest BCUT2D eigenvalue weighted by atomic mass is 16.3. The lowest BCUT2D eigenvalue weighted by Crippen LogP contribution is -2.69. The van der Waals surface area contributed by atoms with Gasteiger partial charge in [0.1, 0.15) is 0 Å². The molecule has 5 aliphatic rings. The second-order valence-electron chi connectivity index (χ2n) is 20.1. The predicted molar refractivity (Wildman–Crippen MR) is 195 cm³/mol. The minimum atomic E-state index is -0.174. The number of hydrogen-bond donors (Lipinski definition) is 1. The second kappa shape index (κ2) is 13.7. The molecule has 5 rings (SSSR count). The van der Waals surface area contributed by atoms with Crippen molar-refractivity contribution in [2.75, 3.05) is 0 Å². The first-order valence-electron chi connectivity index (χ1n) is 20.8. The molecule has 0 amide bonds. The van der Waals surface area contributed by atoms with Gasteiger partial charge in [0.05, 0.1) is 6.10 Å². The molecule has 14 unspecified atom stereocenters. The molecule has 5 aliphatic carbocycles. The van der Waals surface area contributed by atoms with Crippen LogP contribution in [0, 0.1) is 99.1 Å². The second-order valence-corrected chi connectivity index (χ2v) is 20.1. The molecule has 0 heterocycles. The molecule has 0 radical (unpaired) electrons. The van der Waals surface area contributed by atoms with Gasteiger partial charge in [0.25, 0.3) is 0 Å². The zero-order chi connectivity index (χ0) is 33.1. The molecule has 0 aliphatic heterocycles. The summed E-state index contributed by atoms with van der Waals surface area (Å²) in [4.78, 5) is 0. The van der Waals surface area contributed by atoms with Gasteiger partial charge in [0, 0.05) is 0 Å². The zero-order valence-corrected chi connectivity index (χ0v) is 32.5. The molecule has 17 atom stereocenters. The number of rotatable bonds is 9. The molecule has 5 saturated carbocycles. The highest BCUT2D eigenvalue weighted by Crippen LogP contribution is 2.74. The number of hydrogen-bond acceptors (Lipinski definition) is 1. The summed E-state index contributed by atoms with van der Waals surface area (Å²) in [5.41, 5.74) is 0.610. The summed E-state index contributed by atoms with van der Waals surface area (Å²) in [5.74, 6) is 11.1. The third kappa shape index (κ3) is 6.07. The maximum absolute atomic E-state index is 12.6. The van der Waals surface area contributed by atoms with E-state index >= 15 is 0 Å². The quantitative estimate of drug-likeness (QED) is 0.270. The monoisotopic (exact) mass is 625 g/mol. The smallest absolute Gasteiger partial charge is 0.0632 e. The van der Waals surface area contributed by atoms with Gasteiger partial charge in [-0.05, 0) is 144 Å². The van der Waals surface area contributed by atoms with E-state index < -0.39 is 0 Å². The van der Waals surface area contributed by atoms with Gasteiger partial charge in [-0.1, -0.05) is 128 Å². The van der Waals surface area contributed by atoms with E-state index in [9.17, 15) is 5.11 Å². The van der Waals surface area contributed by atoms with Crippen LogP contribution in [0.5, 0.6) is 0 Å². The number of fused-ring (bicyclic) bond motifs is 3. The Kier molecular flexibility index (Phi) is 11.0. The van der Waals surface area contributed by atoms with Crippen molar-refractivity contribution in [2.45, 2.75) is 179 Å². The molecule has 0 aromatic heterocycles. The standard InChI is InChI=1S/C44H80O/c1-13-17-28(6)22-32-18-16-19-34(23-32)35-21-20-33(15-3)39-30(8)37-25-43(11)41(45)38(29(7)14-2)31(9)40(27(4)5)44(43,12)26-42(37,10)24-36(35)39/h27-41,45H,13-26H2,1-12H3/t28?,29?,30?,31?,32-,33?,34?,35?,36?,37?,38?,39?,40?,41?,42+,43?,44+/m0/s1. The first-order valence-corrected chi connectivity index (χ1v) is 20.8. The molecule has 0 aromatic carbocycles.